The molecule has 0 aromatic carbocycles. The van der Waals surface area contributed by atoms with Gasteiger partial charge in [-0.3, -0.25) is 0 Å². The molecule has 0 atom stereocenters. The van der Waals surface area contributed by atoms with E-state index in [1.54, 1.807) is 13.8 Å². The Hall–Kier alpha value is -0.130. The minimum atomic E-state index is -2.92. The van der Waals surface area contributed by atoms with Crippen molar-refractivity contribution in [2.45, 2.75) is 56.9 Å². The molecule has 0 spiro atoms. The summed E-state index contributed by atoms with van der Waals surface area (Å²) in [6, 6.07) is 0.380. The Labute approximate surface area is 98.4 Å². The molecule has 0 aliphatic heterocycles. The minimum Gasteiger partial charge on any atom is -0.393 e. The zero-order chi connectivity index (χ0) is 12.2. The highest BCUT2D eigenvalue weighted by Gasteiger charge is 2.20. The molecular formula is C11H23NO3S. The molecule has 16 heavy (non-hydrogen) atoms. The summed E-state index contributed by atoms with van der Waals surface area (Å²) in [5.41, 5.74) is 0. The topological polar surface area (TPSA) is 66.4 Å². The maximum atomic E-state index is 11.5. The monoisotopic (exact) mass is 249 g/mol. The smallest absolute Gasteiger partial charge is 0.153 e. The number of hydrogen-bond acceptors (Lipinski definition) is 4. The first-order valence-corrected chi connectivity index (χ1v) is 7.76. The molecule has 1 saturated carbocycles. The Bertz CT molecular complexity index is 292. The Balaban J connectivity index is 2.21. The molecular weight excluding hydrogens is 226 g/mol. The van der Waals surface area contributed by atoms with Gasteiger partial charge in [-0.2, -0.15) is 0 Å². The lowest BCUT2D eigenvalue weighted by Crippen LogP contribution is -2.38. The third kappa shape index (κ3) is 4.39. The van der Waals surface area contributed by atoms with Crippen LogP contribution in [0.15, 0.2) is 0 Å². The van der Waals surface area contributed by atoms with Crippen molar-refractivity contribution >= 4 is 9.84 Å². The van der Waals surface area contributed by atoms with Crippen molar-refractivity contribution < 1.29 is 13.5 Å². The number of rotatable bonds is 5. The Morgan fingerprint density at radius 2 is 1.81 bits per heavy atom. The zero-order valence-corrected chi connectivity index (χ0v) is 11.0. The van der Waals surface area contributed by atoms with Crippen LogP contribution in [0.5, 0.6) is 0 Å². The molecule has 1 aliphatic carbocycles. The molecule has 1 rings (SSSR count). The van der Waals surface area contributed by atoms with E-state index in [-0.39, 0.29) is 17.1 Å². The third-order valence-corrected chi connectivity index (χ3v) is 5.44. The molecule has 0 saturated heterocycles. The van der Waals surface area contributed by atoms with Gasteiger partial charge in [-0.1, -0.05) is 0 Å². The van der Waals surface area contributed by atoms with Gasteiger partial charge in [0.15, 0.2) is 9.84 Å². The molecule has 5 heteroatoms. The molecule has 4 nitrogen and oxygen atoms in total. The number of aliphatic hydroxyl groups excluding tert-OH is 1. The molecule has 0 bridgehead atoms. The fourth-order valence-electron chi connectivity index (χ4n) is 1.92. The number of hydrogen-bond donors (Lipinski definition) is 2. The van der Waals surface area contributed by atoms with Crippen LogP contribution in [0.3, 0.4) is 0 Å². The Morgan fingerprint density at radius 1 is 1.25 bits per heavy atom. The van der Waals surface area contributed by atoms with Gasteiger partial charge in [0, 0.05) is 12.6 Å². The first-order chi connectivity index (χ1) is 7.42. The quantitative estimate of drug-likeness (QED) is 0.753. The highest BCUT2D eigenvalue weighted by molar-refractivity contribution is 7.92. The number of nitrogens with one attached hydrogen (secondary N) is 1. The predicted molar refractivity (Wildman–Crippen MR) is 65.2 cm³/mol. The van der Waals surface area contributed by atoms with Crippen molar-refractivity contribution in [2.24, 2.45) is 0 Å². The Kier molecular flexibility index (Phi) is 5.21. The van der Waals surface area contributed by atoms with Crippen molar-refractivity contribution in [3.8, 4) is 0 Å². The SMILES string of the molecule is CC(C)S(=O)(=O)CCN[C@H]1CC[C@H](O)CC1. The largest absolute Gasteiger partial charge is 0.393 e. The second-order valence-electron chi connectivity index (χ2n) is 4.88. The summed E-state index contributed by atoms with van der Waals surface area (Å²) >= 11 is 0. The van der Waals surface area contributed by atoms with Crippen LogP contribution in [0.25, 0.3) is 0 Å². The van der Waals surface area contributed by atoms with E-state index in [0.29, 0.717) is 12.6 Å². The highest BCUT2D eigenvalue weighted by Crippen LogP contribution is 2.18. The summed E-state index contributed by atoms with van der Waals surface area (Å²) < 4.78 is 23.1. The third-order valence-electron chi connectivity index (χ3n) is 3.23. The van der Waals surface area contributed by atoms with Crippen molar-refractivity contribution in [3.05, 3.63) is 0 Å². The maximum Gasteiger partial charge on any atom is 0.153 e. The Morgan fingerprint density at radius 3 is 2.31 bits per heavy atom. The van der Waals surface area contributed by atoms with Crippen LogP contribution in [-0.2, 0) is 9.84 Å². The van der Waals surface area contributed by atoms with Gasteiger partial charge in [-0.05, 0) is 39.5 Å². The van der Waals surface area contributed by atoms with Crippen LogP contribution in [0.2, 0.25) is 0 Å². The van der Waals surface area contributed by atoms with E-state index in [2.05, 4.69) is 5.32 Å². The average molecular weight is 249 g/mol. The number of aliphatic hydroxyl groups is 1. The van der Waals surface area contributed by atoms with E-state index in [4.69, 9.17) is 0 Å². The first-order valence-electron chi connectivity index (χ1n) is 6.05. The minimum absolute atomic E-state index is 0.155. The zero-order valence-electron chi connectivity index (χ0n) is 10.1. The van der Waals surface area contributed by atoms with E-state index >= 15 is 0 Å². The molecule has 2 N–H and O–H groups in total. The summed E-state index contributed by atoms with van der Waals surface area (Å²) in [4.78, 5) is 0. The second-order valence-corrected chi connectivity index (χ2v) is 7.55. The first kappa shape index (κ1) is 13.9. The maximum absolute atomic E-state index is 11.5. The van der Waals surface area contributed by atoms with Gasteiger partial charge in [0.1, 0.15) is 0 Å². The lowest BCUT2D eigenvalue weighted by molar-refractivity contribution is 0.117. The predicted octanol–water partition coefficient (Wildman–Crippen LogP) is 0.703. The van der Waals surface area contributed by atoms with Crippen molar-refractivity contribution in [1.82, 2.24) is 5.32 Å². The van der Waals surface area contributed by atoms with Gasteiger partial charge in [0.2, 0.25) is 0 Å². The van der Waals surface area contributed by atoms with Gasteiger partial charge in [0.05, 0.1) is 17.1 Å². The molecule has 0 amide bonds. The fourth-order valence-corrected chi connectivity index (χ4v) is 2.79. The van der Waals surface area contributed by atoms with E-state index in [0.717, 1.165) is 25.7 Å². The van der Waals surface area contributed by atoms with E-state index < -0.39 is 9.84 Å². The molecule has 0 aromatic heterocycles. The summed E-state index contributed by atoms with van der Waals surface area (Å²) in [6.07, 6.45) is 3.40. The lowest BCUT2D eigenvalue weighted by atomic mass is 9.93. The molecule has 1 fully saturated rings. The van der Waals surface area contributed by atoms with Gasteiger partial charge < -0.3 is 10.4 Å². The summed E-state index contributed by atoms with van der Waals surface area (Å²) in [7, 11) is -2.92. The normalized spacial score (nSPS) is 27.2. The molecule has 0 unspecified atom stereocenters. The summed E-state index contributed by atoms with van der Waals surface area (Å²) in [6.45, 7) is 3.96. The van der Waals surface area contributed by atoms with E-state index in [9.17, 15) is 13.5 Å². The van der Waals surface area contributed by atoms with Crippen LogP contribution >= 0.6 is 0 Å². The average Bonchev–Trinajstić information content (AvgIpc) is 2.20. The van der Waals surface area contributed by atoms with Crippen molar-refractivity contribution in [1.29, 1.82) is 0 Å². The number of sulfone groups is 1. The molecule has 0 heterocycles. The van der Waals surface area contributed by atoms with E-state index in [1.165, 1.54) is 0 Å². The molecule has 1 aliphatic rings. The summed E-state index contributed by atoms with van der Waals surface area (Å²) in [5, 5.41) is 12.3. The van der Waals surface area contributed by atoms with Gasteiger partial charge in [-0.15, -0.1) is 0 Å². The lowest BCUT2D eigenvalue weighted by Gasteiger charge is -2.26. The molecule has 0 aromatic rings. The van der Waals surface area contributed by atoms with Crippen molar-refractivity contribution in [2.75, 3.05) is 12.3 Å². The second kappa shape index (κ2) is 5.98. The standard InChI is InChI=1S/C11H23NO3S/c1-9(2)16(14,15)8-7-12-10-3-5-11(13)6-4-10/h9-13H,3-8H2,1-2H3/t10-,11-. The van der Waals surface area contributed by atoms with Crippen LogP contribution in [0.1, 0.15) is 39.5 Å². The van der Waals surface area contributed by atoms with Crippen LogP contribution in [0.4, 0.5) is 0 Å². The molecule has 0 radical (unpaired) electrons. The van der Waals surface area contributed by atoms with Crippen LogP contribution < -0.4 is 5.32 Å². The van der Waals surface area contributed by atoms with Gasteiger partial charge in [-0.25, -0.2) is 8.42 Å². The van der Waals surface area contributed by atoms with Gasteiger partial charge in [0.25, 0.3) is 0 Å². The van der Waals surface area contributed by atoms with Crippen LogP contribution in [-0.4, -0.2) is 43.2 Å². The van der Waals surface area contributed by atoms with Crippen LogP contribution in [0, 0.1) is 0 Å². The highest BCUT2D eigenvalue weighted by atomic mass is 32.2. The molecule has 96 valence electrons. The van der Waals surface area contributed by atoms with Gasteiger partial charge >= 0.3 is 0 Å². The fraction of sp³-hybridized carbons (Fsp3) is 1.00. The summed E-state index contributed by atoms with van der Waals surface area (Å²) in [5.74, 6) is 0.212. The van der Waals surface area contributed by atoms with Crippen molar-refractivity contribution in [3.63, 3.8) is 0 Å². The van der Waals surface area contributed by atoms with E-state index in [1.807, 2.05) is 0 Å².